The predicted molar refractivity (Wildman–Crippen MR) is 141 cm³/mol. The number of sulfonamides is 1. The normalized spacial score (nSPS) is 12.9. The van der Waals surface area contributed by atoms with E-state index in [1.165, 1.54) is 25.2 Å². The third kappa shape index (κ3) is 7.36. The molecule has 0 bridgehead atoms. The van der Waals surface area contributed by atoms with Gasteiger partial charge in [0.2, 0.25) is 21.8 Å². The third-order valence-electron chi connectivity index (χ3n) is 6.11. The van der Waals surface area contributed by atoms with Gasteiger partial charge in [-0.3, -0.25) is 13.9 Å². The van der Waals surface area contributed by atoms with E-state index < -0.39 is 28.5 Å². The number of amides is 2. The Hall–Kier alpha value is -3.27. The standard InChI is InChI=1S/C26H37N3O6S/c1-8-19(3)27-26(31)20(4)28(16-21-12-10-9-11-18(21)2)25(30)17-29(36(7,32)33)23-14-13-22(34-5)15-24(23)35-6/h9-15,19-20H,8,16-17H2,1-7H3,(H,27,31)/t19-,20+/m1/s1. The molecule has 2 amide bonds. The Morgan fingerprint density at radius 3 is 2.28 bits per heavy atom. The van der Waals surface area contributed by atoms with Crippen LogP contribution in [0.25, 0.3) is 0 Å². The van der Waals surface area contributed by atoms with Crippen molar-refractivity contribution in [3.63, 3.8) is 0 Å². The molecule has 0 aliphatic heterocycles. The molecule has 0 aliphatic rings. The summed E-state index contributed by atoms with van der Waals surface area (Å²) in [5, 5.41) is 2.91. The Kier molecular flexibility index (Phi) is 10.2. The van der Waals surface area contributed by atoms with Gasteiger partial charge < -0.3 is 19.7 Å². The second kappa shape index (κ2) is 12.6. The van der Waals surface area contributed by atoms with Gasteiger partial charge in [0.1, 0.15) is 24.1 Å². The lowest BCUT2D eigenvalue weighted by Gasteiger charge is -2.32. The largest absolute Gasteiger partial charge is 0.497 e. The van der Waals surface area contributed by atoms with Crippen molar-refractivity contribution in [2.45, 2.75) is 52.7 Å². The number of rotatable bonds is 12. The molecule has 10 heteroatoms. The Balaban J connectivity index is 2.47. The van der Waals surface area contributed by atoms with E-state index in [0.29, 0.717) is 5.75 Å². The summed E-state index contributed by atoms with van der Waals surface area (Å²) in [5.74, 6) is -0.111. The highest BCUT2D eigenvalue weighted by molar-refractivity contribution is 7.92. The first-order chi connectivity index (χ1) is 16.9. The minimum atomic E-state index is -3.88. The van der Waals surface area contributed by atoms with E-state index >= 15 is 0 Å². The molecule has 0 fully saturated rings. The van der Waals surface area contributed by atoms with E-state index in [4.69, 9.17) is 9.47 Å². The van der Waals surface area contributed by atoms with Crippen LogP contribution >= 0.6 is 0 Å². The second-order valence-corrected chi connectivity index (χ2v) is 10.7. The lowest BCUT2D eigenvalue weighted by molar-refractivity contribution is -0.139. The quantitative estimate of drug-likeness (QED) is 0.462. The second-order valence-electron chi connectivity index (χ2n) is 8.75. The summed E-state index contributed by atoms with van der Waals surface area (Å²) < 4.78 is 37.2. The lowest BCUT2D eigenvalue weighted by atomic mass is 10.1. The fourth-order valence-corrected chi connectivity index (χ4v) is 4.46. The van der Waals surface area contributed by atoms with Gasteiger partial charge in [0, 0.05) is 18.7 Å². The number of carbonyl (C=O) groups excluding carboxylic acids is 2. The molecule has 0 aromatic heterocycles. The molecule has 0 radical (unpaired) electrons. The zero-order valence-electron chi connectivity index (χ0n) is 22.1. The van der Waals surface area contributed by atoms with Gasteiger partial charge in [-0.1, -0.05) is 31.2 Å². The molecule has 2 atom stereocenters. The predicted octanol–water partition coefficient (Wildman–Crippen LogP) is 3.11. The first-order valence-corrected chi connectivity index (χ1v) is 13.6. The van der Waals surface area contributed by atoms with Crippen LogP contribution in [0.4, 0.5) is 5.69 Å². The van der Waals surface area contributed by atoms with Crippen molar-refractivity contribution >= 4 is 27.5 Å². The van der Waals surface area contributed by atoms with Crippen molar-refractivity contribution in [1.29, 1.82) is 0 Å². The molecule has 0 saturated heterocycles. The monoisotopic (exact) mass is 519 g/mol. The minimum absolute atomic E-state index is 0.0635. The summed E-state index contributed by atoms with van der Waals surface area (Å²) in [4.78, 5) is 28.1. The third-order valence-corrected chi connectivity index (χ3v) is 7.23. The number of benzene rings is 2. The van der Waals surface area contributed by atoms with E-state index in [9.17, 15) is 18.0 Å². The summed E-state index contributed by atoms with van der Waals surface area (Å²) in [6.07, 6.45) is 1.76. The van der Waals surface area contributed by atoms with Crippen LogP contribution in [0, 0.1) is 6.92 Å². The Bertz CT molecular complexity index is 1170. The SMILES string of the molecule is CC[C@@H](C)NC(=O)[C@H](C)N(Cc1ccccc1C)C(=O)CN(c1ccc(OC)cc1OC)S(C)(=O)=O. The molecule has 2 aromatic carbocycles. The van der Waals surface area contributed by atoms with Crippen LogP contribution in [0.3, 0.4) is 0 Å². The Morgan fingerprint density at radius 2 is 1.72 bits per heavy atom. The molecule has 2 rings (SSSR count). The molecule has 9 nitrogen and oxygen atoms in total. The first kappa shape index (κ1) is 29.0. The highest BCUT2D eigenvalue weighted by Gasteiger charge is 2.31. The van der Waals surface area contributed by atoms with E-state index in [2.05, 4.69) is 5.32 Å². The van der Waals surface area contributed by atoms with Crippen molar-refractivity contribution in [1.82, 2.24) is 10.2 Å². The van der Waals surface area contributed by atoms with E-state index in [0.717, 1.165) is 28.1 Å². The van der Waals surface area contributed by atoms with Crippen molar-refractivity contribution in [2.24, 2.45) is 0 Å². The molecular weight excluding hydrogens is 482 g/mol. The summed E-state index contributed by atoms with van der Waals surface area (Å²) in [6, 6.07) is 11.3. The zero-order valence-corrected chi connectivity index (χ0v) is 22.9. The molecule has 1 N–H and O–H groups in total. The van der Waals surface area contributed by atoms with Crippen LogP contribution in [-0.2, 0) is 26.2 Å². The van der Waals surface area contributed by atoms with Crippen molar-refractivity contribution in [3.05, 3.63) is 53.6 Å². The highest BCUT2D eigenvalue weighted by Crippen LogP contribution is 2.33. The van der Waals surface area contributed by atoms with Gasteiger partial charge in [-0.05, 0) is 50.5 Å². The van der Waals surface area contributed by atoms with Gasteiger partial charge in [0.15, 0.2) is 0 Å². The summed E-state index contributed by atoms with van der Waals surface area (Å²) in [6.45, 7) is 7.06. The topological polar surface area (TPSA) is 105 Å². The fourth-order valence-electron chi connectivity index (χ4n) is 3.60. The number of hydrogen-bond acceptors (Lipinski definition) is 6. The van der Waals surface area contributed by atoms with Gasteiger partial charge in [0.25, 0.3) is 0 Å². The number of nitrogens with one attached hydrogen (secondary N) is 1. The van der Waals surface area contributed by atoms with Gasteiger partial charge in [-0.15, -0.1) is 0 Å². The minimum Gasteiger partial charge on any atom is -0.497 e. The maximum absolute atomic E-state index is 13.7. The number of aryl methyl sites for hydroxylation is 1. The van der Waals surface area contributed by atoms with Crippen molar-refractivity contribution < 1.29 is 27.5 Å². The maximum atomic E-state index is 13.7. The zero-order chi connectivity index (χ0) is 27.0. The molecule has 198 valence electrons. The fraction of sp³-hybridized carbons (Fsp3) is 0.462. The molecule has 0 spiro atoms. The van der Waals surface area contributed by atoms with Crippen LogP contribution in [0.5, 0.6) is 11.5 Å². The molecule has 0 unspecified atom stereocenters. The summed E-state index contributed by atoms with van der Waals surface area (Å²) >= 11 is 0. The van der Waals surface area contributed by atoms with Crippen molar-refractivity contribution in [2.75, 3.05) is 31.3 Å². The molecule has 2 aromatic rings. The maximum Gasteiger partial charge on any atom is 0.244 e. The van der Waals surface area contributed by atoms with Gasteiger partial charge in [-0.2, -0.15) is 0 Å². The van der Waals surface area contributed by atoms with E-state index in [-0.39, 0.29) is 29.9 Å². The summed E-state index contributed by atoms with van der Waals surface area (Å²) in [5.41, 5.74) is 2.02. The highest BCUT2D eigenvalue weighted by atomic mass is 32.2. The number of methoxy groups -OCH3 is 2. The number of nitrogens with zero attached hydrogens (tertiary/aromatic N) is 2. The first-order valence-electron chi connectivity index (χ1n) is 11.8. The average Bonchev–Trinajstić information content (AvgIpc) is 2.85. The van der Waals surface area contributed by atoms with E-state index in [1.807, 2.05) is 45.0 Å². The van der Waals surface area contributed by atoms with Crippen LogP contribution in [0.1, 0.15) is 38.3 Å². The number of ether oxygens (including phenoxy) is 2. The van der Waals surface area contributed by atoms with Gasteiger partial charge in [0.05, 0.1) is 26.2 Å². The number of carbonyl (C=O) groups is 2. The van der Waals surface area contributed by atoms with E-state index in [1.54, 1.807) is 19.1 Å². The lowest BCUT2D eigenvalue weighted by Crippen LogP contribution is -2.52. The average molecular weight is 520 g/mol. The Labute approximate surface area is 214 Å². The van der Waals surface area contributed by atoms with Crippen LogP contribution < -0.4 is 19.1 Å². The molecule has 36 heavy (non-hydrogen) atoms. The van der Waals surface area contributed by atoms with Gasteiger partial charge in [-0.25, -0.2) is 8.42 Å². The van der Waals surface area contributed by atoms with Crippen LogP contribution in [0.15, 0.2) is 42.5 Å². The van der Waals surface area contributed by atoms with Crippen molar-refractivity contribution in [3.8, 4) is 11.5 Å². The van der Waals surface area contributed by atoms with Crippen LogP contribution in [0.2, 0.25) is 0 Å². The number of hydrogen-bond donors (Lipinski definition) is 1. The summed E-state index contributed by atoms with van der Waals surface area (Å²) in [7, 11) is -0.987. The molecule has 0 aliphatic carbocycles. The van der Waals surface area contributed by atoms with Crippen LogP contribution in [-0.4, -0.2) is 64.2 Å². The molecule has 0 heterocycles. The molecule has 0 saturated carbocycles. The number of anilines is 1. The smallest absolute Gasteiger partial charge is 0.244 e. The Morgan fingerprint density at radius 1 is 1.06 bits per heavy atom. The molecular formula is C26H37N3O6S. The van der Waals surface area contributed by atoms with Gasteiger partial charge >= 0.3 is 0 Å².